The molecule has 0 saturated heterocycles. The SMILES string of the molecule is COCCS(=O)(=O)NCC(=O)c1ccccc1. The fourth-order valence-corrected chi connectivity index (χ4v) is 2.05. The largest absolute Gasteiger partial charge is 0.384 e. The second-order valence-electron chi connectivity index (χ2n) is 3.42. The molecule has 0 radical (unpaired) electrons. The first-order chi connectivity index (χ1) is 8.05. The van der Waals surface area contributed by atoms with Crippen LogP contribution in [0.4, 0.5) is 0 Å². The van der Waals surface area contributed by atoms with E-state index in [-0.39, 0.29) is 24.7 Å². The number of ether oxygens (including phenoxy) is 1. The van der Waals surface area contributed by atoms with Crippen LogP contribution >= 0.6 is 0 Å². The molecule has 0 aliphatic heterocycles. The van der Waals surface area contributed by atoms with Crippen molar-refractivity contribution in [2.75, 3.05) is 26.0 Å². The molecule has 0 fully saturated rings. The summed E-state index contributed by atoms with van der Waals surface area (Å²) in [5, 5.41) is 0. The van der Waals surface area contributed by atoms with E-state index < -0.39 is 10.0 Å². The van der Waals surface area contributed by atoms with Crippen molar-refractivity contribution in [1.29, 1.82) is 0 Å². The van der Waals surface area contributed by atoms with Crippen molar-refractivity contribution in [3.8, 4) is 0 Å². The smallest absolute Gasteiger partial charge is 0.214 e. The van der Waals surface area contributed by atoms with Crippen molar-refractivity contribution >= 4 is 15.8 Å². The van der Waals surface area contributed by atoms with Crippen LogP contribution in [0.1, 0.15) is 10.4 Å². The first-order valence-corrected chi connectivity index (χ1v) is 6.75. The third kappa shape index (κ3) is 5.08. The van der Waals surface area contributed by atoms with Gasteiger partial charge in [-0.15, -0.1) is 0 Å². The first kappa shape index (κ1) is 13.8. The summed E-state index contributed by atoms with van der Waals surface area (Å²) in [6.07, 6.45) is 0. The number of hydrogen-bond donors (Lipinski definition) is 1. The molecule has 0 heterocycles. The molecule has 0 aromatic heterocycles. The average Bonchev–Trinajstić information content (AvgIpc) is 2.35. The molecule has 6 heteroatoms. The van der Waals surface area contributed by atoms with Gasteiger partial charge in [-0.2, -0.15) is 0 Å². The fraction of sp³-hybridized carbons (Fsp3) is 0.364. The first-order valence-electron chi connectivity index (χ1n) is 5.09. The number of sulfonamides is 1. The summed E-state index contributed by atoms with van der Waals surface area (Å²) in [6, 6.07) is 8.54. The monoisotopic (exact) mass is 257 g/mol. The van der Waals surface area contributed by atoms with Gasteiger partial charge in [-0.05, 0) is 0 Å². The zero-order valence-corrected chi connectivity index (χ0v) is 10.4. The molecule has 0 amide bonds. The van der Waals surface area contributed by atoms with Gasteiger partial charge in [-0.1, -0.05) is 30.3 Å². The maximum absolute atomic E-state index is 11.6. The lowest BCUT2D eigenvalue weighted by Gasteiger charge is -2.05. The van der Waals surface area contributed by atoms with Crippen LogP contribution < -0.4 is 4.72 Å². The van der Waals surface area contributed by atoms with Crippen LogP contribution in [-0.4, -0.2) is 40.2 Å². The molecule has 1 aromatic rings. The average molecular weight is 257 g/mol. The van der Waals surface area contributed by atoms with Gasteiger partial charge in [-0.25, -0.2) is 13.1 Å². The highest BCUT2D eigenvalue weighted by molar-refractivity contribution is 7.89. The number of carbonyl (C=O) groups excluding carboxylic acids is 1. The Morgan fingerprint density at radius 3 is 2.53 bits per heavy atom. The number of methoxy groups -OCH3 is 1. The molecule has 17 heavy (non-hydrogen) atoms. The molecule has 0 unspecified atom stereocenters. The Morgan fingerprint density at radius 2 is 1.94 bits per heavy atom. The van der Waals surface area contributed by atoms with Crippen LogP contribution in [-0.2, 0) is 14.8 Å². The molecule has 0 spiro atoms. The summed E-state index contributed by atoms with van der Waals surface area (Å²) in [4.78, 5) is 11.6. The van der Waals surface area contributed by atoms with Crippen LogP contribution in [0, 0.1) is 0 Å². The number of carbonyl (C=O) groups is 1. The van der Waals surface area contributed by atoms with E-state index in [9.17, 15) is 13.2 Å². The van der Waals surface area contributed by atoms with Crippen LogP contribution in [0.15, 0.2) is 30.3 Å². The van der Waals surface area contributed by atoms with Crippen LogP contribution in [0.25, 0.3) is 0 Å². The van der Waals surface area contributed by atoms with Gasteiger partial charge in [0, 0.05) is 12.7 Å². The normalized spacial score (nSPS) is 11.4. The minimum Gasteiger partial charge on any atom is -0.384 e. The van der Waals surface area contributed by atoms with E-state index >= 15 is 0 Å². The summed E-state index contributed by atoms with van der Waals surface area (Å²) in [7, 11) is -2.02. The van der Waals surface area contributed by atoms with Crippen molar-refractivity contribution in [2.45, 2.75) is 0 Å². The number of Topliss-reactive ketones (excluding diaryl/α,β-unsaturated/α-hetero) is 1. The van der Waals surface area contributed by atoms with Gasteiger partial charge in [0.1, 0.15) is 0 Å². The van der Waals surface area contributed by atoms with Gasteiger partial charge in [0.15, 0.2) is 5.78 Å². The van der Waals surface area contributed by atoms with E-state index in [0.717, 1.165) is 0 Å². The molecule has 1 N–H and O–H groups in total. The lowest BCUT2D eigenvalue weighted by molar-refractivity contribution is 0.0997. The van der Waals surface area contributed by atoms with E-state index in [4.69, 9.17) is 0 Å². The molecule has 1 rings (SSSR count). The molecule has 0 aliphatic carbocycles. The molecule has 0 saturated carbocycles. The third-order valence-electron chi connectivity index (χ3n) is 2.10. The lowest BCUT2D eigenvalue weighted by Crippen LogP contribution is -2.32. The quantitative estimate of drug-likeness (QED) is 0.719. The number of nitrogens with one attached hydrogen (secondary N) is 1. The van der Waals surface area contributed by atoms with Gasteiger partial charge in [-0.3, -0.25) is 4.79 Å². The fourth-order valence-electron chi connectivity index (χ4n) is 1.17. The molecule has 94 valence electrons. The standard InChI is InChI=1S/C11H15NO4S/c1-16-7-8-17(14,15)12-9-11(13)10-5-3-2-4-6-10/h2-6,12H,7-9H2,1H3. The van der Waals surface area contributed by atoms with E-state index in [1.807, 2.05) is 0 Å². The Bertz CT molecular complexity index is 456. The van der Waals surface area contributed by atoms with Gasteiger partial charge in [0.05, 0.1) is 18.9 Å². The minimum absolute atomic E-state index is 0.106. The van der Waals surface area contributed by atoms with Crippen molar-refractivity contribution in [2.24, 2.45) is 0 Å². The van der Waals surface area contributed by atoms with Crippen molar-refractivity contribution < 1.29 is 17.9 Å². The Labute approximate surface area is 101 Å². The summed E-state index contributed by atoms with van der Waals surface area (Å²) in [6.45, 7) is -0.120. The minimum atomic E-state index is -3.44. The van der Waals surface area contributed by atoms with Crippen LogP contribution in [0.2, 0.25) is 0 Å². The van der Waals surface area contributed by atoms with Gasteiger partial charge >= 0.3 is 0 Å². The highest BCUT2D eigenvalue weighted by Crippen LogP contribution is 1.99. The number of rotatable bonds is 7. The van der Waals surface area contributed by atoms with Crippen molar-refractivity contribution in [1.82, 2.24) is 4.72 Å². The van der Waals surface area contributed by atoms with E-state index in [1.165, 1.54) is 7.11 Å². The maximum Gasteiger partial charge on any atom is 0.214 e. The lowest BCUT2D eigenvalue weighted by atomic mass is 10.1. The van der Waals surface area contributed by atoms with Crippen molar-refractivity contribution in [3.05, 3.63) is 35.9 Å². The Hall–Kier alpha value is -1.24. The van der Waals surface area contributed by atoms with E-state index in [1.54, 1.807) is 30.3 Å². The van der Waals surface area contributed by atoms with Gasteiger partial charge in [0.2, 0.25) is 10.0 Å². The molecule has 5 nitrogen and oxygen atoms in total. The molecule has 1 aromatic carbocycles. The Kier molecular flexibility index (Phi) is 5.27. The second-order valence-corrected chi connectivity index (χ2v) is 5.35. The molecular formula is C11H15NO4S. The molecule has 0 aliphatic rings. The number of hydrogen-bond acceptors (Lipinski definition) is 4. The highest BCUT2D eigenvalue weighted by Gasteiger charge is 2.12. The highest BCUT2D eigenvalue weighted by atomic mass is 32.2. The maximum atomic E-state index is 11.6. The summed E-state index contributed by atoms with van der Waals surface area (Å²) in [5.74, 6) is -0.405. The predicted octanol–water partition coefficient (Wildman–Crippen LogP) is 0.435. The molecule has 0 atom stereocenters. The van der Waals surface area contributed by atoms with Crippen LogP contribution in [0.3, 0.4) is 0 Å². The zero-order valence-electron chi connectivity index (χ0n) is 9.55. The summed E-state index contributed by atoms with van der Waals surface area (Å²) >= 11 is 0. The zero-order chi connectivity index (χ0) is 12.7. The van der Waals surface area contributed by atoms with Crippen LogP contribution in [0.5, 0.6) is 0 Å². The number of ketones is 1. The molecular weight excluding hydrogens is 242 g/mol. The van der Waals surface area contributed by atoms with Gasteiger partial charge in [0.25, 0.3) is 0 Å². The summed E-state index contributed by atoms with van der Waals surface area (Å²) < 4.78 is 29.7. The second kappa shape index (κ2) is 6.48. The van der Waals surface area contributed by atoms with E-state index in [0.29, 0.717) is 5.56 Å². The number of benzene rings is 1. The third-order valence-corrected chi connectivity index (χ3v) is 3.39. The van der Waals surface area contributed by atoms with Crippen molar-refractivity contribution in [3.63, 3.8) is 0 Å². The Balaban J connectivity index is 2.49. The van der Waals surface area contributed by atoms with Gasteiger partial charge < -0.3 is 4.74 Å². The predicted molar refractivity (Wildman–Crippen MR) is 64.4 cm³/mol. The topological polar surface area (TPSA) is 72.5 Å². The summed E-state index contributed by atoms with van der Waals surface area (Å²) in [5.41, 5.74) is 0.488. The molecule has 0 bridgehead atoms. The Morgan fingerprint density at radius 1 is 1.29 bits per heavy atom. The van der Waals surface area contributed by atoms with E-state index in [2.05, 4.69) is 9.46 Å².